The van der Waals surface area contributed by atoms with E-state index in [1.165, 1.54) is 4.90 Å². The number of rotatable bonds is 5. The van der Waals surface area contributed by atoms with Crippen LogP contribution in [-0.4, -0.2) is 42.5 Å². The highest BCUT2D eigenvalue weighted by atomic mass is 32.2. The lowest BCUT2D eigenvalue weighted by Crippen LogP contribution is -2.52. The Kier molecular flexibility index (Phi) is 5.94. The van der Waals surface area contributed by atoms with E-state index >= 15 is 0 Å². The summed E-state index contributed by atoms with van der Waals surface area (Å²) in [5, 5.41) is 9.96. The minimum absolute atomic E-state index is 0.0686. The summed E-state index contributed by atoms with van der Waals surface area (Å²) in [5.74, 6) is 4.69. The van der Waals surface area contributed by atoms with Crippen LogP contribution in [-0.2, 0) is 25.7 Å². The summed E-state index contributed by atoms with van der Waals surface area (Å²) in [6.45, 7) is 0.370. The molecular formula is C14H20N2O6S. The maximum Gasteiger partial charge on any atom is 0.410 e. The van der Waals surface area contributed by atoms with E-state index in [1.54, 1.807) is 0 Å². The van der Waals surface area contributed by atoms with E-state index in [1.807, 2.05) is 30.3 Å². The molecule has 1 unspecified atom stereocenters. The lowest BCUT2D eigenvalue weighted by atomic mass is 10.0. The monoisotopic (exact) mass is 344 g/mol. The Labute approximate surface area is 134 Å². The van der Waals surface area contributed by atoms with Crippen molar-refractivity contribution in [3.05, 3.63) is 35.9 Å². The molecule has 0 radical (unpaired) electrons. The van der Waals surface area contributed by atoms with Gasteiger partial charge in [-0.05, 0) is 24.8 Å². The number of likely N-dealkylation sites (tertiary alicyclic amines) is 1. The first-order valence-corrected chi connectivity index (χ1v) is 8.70. The number of carbonyl (C=O) groups is 1. The Morgan fingerprint density at radius 3 is 2.70 bits per heavy atom. The average molecular weight is 344 g/mol. The molecule has 1 fully saturated rings. The van der Waals surface area contributed by atoms with Crippen LogP contribution in [0.15, 0.2) is 30.3 Å². The second-order valence-electron chi connectivity index (χ2n) is 5.28. The maximum atomic E-state index is 12.2. The van der Waals surface area contributed by atoms with Gasteiger partial charge < -0.3 is 14.7 Å². The van der Waals surface area contributed by atoms with Crippen molar-refractivity contribution >= 4 is 16.2 Å². The van der Waals surface area contributed by atoms with Gasteiger partial charge in [-0.15, -0.1) is 0 Å². The molecule has 2 atom stereocenters. The van der Waals surface area contributed by atoms with Crippen molar-refractivity contribution in [2.45, 2.75) is 37.3 Å². The summed E-state index contributed by atoms with van der Waals surface area (Å²) in [6, 6.07) is 8.16. The highest BCUT2D eigenvalue weighted by Gasteiger charge is 2.40. The van der Waals surface area contributed by atoms with Crippen LogP contribution in [0.4, 0.5) is 4.79 Å². The minimum atomic E-state index is -4.35. The molecule has 3 N–H and O–H groups in total. The largest absolute Gasteiger partial charge is 0.445 e. The van der Waals surface area contributed by atoms with Crippen LogP contribution >= 0.6 is 0 Å². The first-order valence-electron chi connectivity index (χ1n) is 7.23. The Balaban J connectivity index is 2.04. The molecule has 1 aliphatic rings. The molecule has 0 aromatic heterocycles. The molecule has 23 heavy (non-hydrogen) atoms. The predicted molar refractivity (Wildman–Crippen MR) is 81.2 cm³/mol. The number of aliphatic hydroxyl groups excluding tert-OH is 1. The Bertz CT molecular complexity index is 621. The van der Waals surface area contributed by atoms with Crippen LogP contribution in [0.1, 0.15) is 24.8 Å². The van der Waals surface area contributed by atoms with Crippen molar-refractivity contribution in [1.82, 2.24) is 4.90 Å². The van der Waals surface area contributed by atoms with Gasteiger partial charge in [0.2, 0.25) is 5.44 Å². The maximum absolute atomic E-state index is 12.2. The van der Waals surface area contributed by atoms with Crippen LogP contribution in [0.5, 0.6) is 0 Å². The van der Waals surface area contributed by atoms with Crippen molar-refractivity contribution in [2.75, 3.05) is 6.54 Å². The molecule has 0 spiro atoms. The molecule has 9 heteroatoms. The smallest absolute Gasteiger partial charge is 0.410 e. The molecule has 2 rings (SSSR count). The second kappa shape index (κ2) is 7.73. The summed E-state index contributed by atoms with van der Waals surface area (Å²) >= 11 is 0. The van der Waals surface area contributed by atoms with Gasteiger partial charge in [-0.3, -0.25) is 0 Å². The fraction of sp³-hybridized carbons (Fsp3) is 0.500. The third-order valence-corrected chi connectivity index (χ3v) is 4.92. The van der Waals surface area contributed by atoms with Crippen molar-refractivity contribution in [3.63, 3.8) is 0 Å². The van der Waals surface area contributed by atoms with Crippen molar-refractivity contribution in [2.24, 2.45) is 5.90 Å². The molecule has 1 saturated heterocycles. The Morgan fingerprint density at radius 1 is 1.35 bits per heavy atom. The number of benzene rings is 1. The molecule has 1 heterocycles. The zero-order valence-electron chi connectivity index (χ0n) is 12.5. The fourth-order valence-electron chi connectivity index (χ4n) is 2.53. The van der Waals surface area contributed by atoms with Crippen LogP contribution in [0.2, 0.25) is 0 Å². The first kappa shape index (κ1) is 17.7. The fourth-order valence-corrected chi connectivity index (χ4v) is 3.31. The Hall–Kier alpha value is -1.68. The van der Waals surface area contributed by atoms with Crippen LogP contribution in [0.3, 0.4) is 0 Å². The van der Waals surface area contributed by atoms with E-state index in [9.17, 15) is 18.3 Å². The van der Waals surface area contributed by atoms with Gasteiger partial charge in [0.25, 0.3) is 0 Å². The molecule has 0 saturated carbocycles. The Morgan fingerprint density at radius 2 is 2.04 bits per heavy atom. The molecule has 0 bridgehead atoms. The number of hydrogen-bond donors (Lipinski definition) is 2. The first-order chi connectivity index (χ1) is 11.0. The molecule has 1 aromatic rings. The van der Waals surface area contributed by atoms with Gasteiger partial charge in [0, 0.05) is 6.54 Å². The van der Waals surface area contributed by atoms with Crippen LogP contribution in [0, 0.1) is 0 Å². The molecule has 1 aromatic carbocycles. The number of hydrogen-bond acceptors (Lipinski definition) is 7. The molecule has 1 aliphatic heterocycles. The summed E-state index contributed by atoms with van der Waals surface area (Å²) in [6.07, 6.45) is 1.03. The third-order valence-electron chi connectivity index (χ3n) is 3.75. The van der Waals surface area contributed by atoms with Gasteiger partial charge >= 0.3 is 16.2 Å². The topological polar surface area (TPSA) is 119 Å². The number of nitrogens with two attached hydrogens (primary N) is 1. The van der Waals surface area contributed by atoms with Gasteiger partial charge in [0.15, 0.2) is 0 Å². The van der Waals surface area contributed by atoms with Gasteiger partial charge in [-0.25, -0.2) is 4.79 Å². The van der Waals surface area contributed by atoms with E-state index in [0.29, 0.717) is 25.8 Å². The number of carbonyl (C=O) groups excluding carboxylic acids is 1. The van der Waals surface area contributed by atoms with E-state index in [0.717, 1.165) is 5.56 Å². The molecule has 0 aliphatic carbocycles. The van der Waals surface area contributed by atoms with Gasteiger partial charge in [0.1, 0.15) is 6.61 Å². The lowest BCUT2D eigenvalue weighted by molar-refractivity contribution is 0.0360. The van der Waals surface area contributed by atoms with Gasteiger partial charge in [0.05, 0.1) is 6.04 Å². The SMILES string of the molecule is NOS(=O)(=O)C(O)[C@@H]1CCCCN1C(=O)OCc1ccccc1. The van der Waals surface area contributed by atoms with Crippen LogP contribution < -0.4 is 5.90 Å². The van der Waals surface area contributed by atoms with Gasteiger partial charge in [-0.2, -0.15) is 18.6 Å². The number of aliphatic hydroxyl groups is 1. The van der Waals surface area contributed by atoms with Crippen LogP contribution in [0.25, 0.3) is 0 Å². The number of ether oxygens (including phenoxy) is 1. The number of nitrogens with zero attached hydrogens (tertiary/aromatic N) is 1. The van der Waals surface area contributed by atoms with E-state index < -0.39 is 27.7 Å². The second-order valence-corrected chi connectivity index (χ2v) is 6.94. The highest BCUT2D eigenvalue weighted by molar-refractivity contribution is 7.87. The third kappa shape index (κ3) is 4.41. The van der Waals surface area contributed by atoms with E-state index in [-0.39, 0.29) is 6.61 Å². The summed E-state index contributed by atoms with van der Waals surface area (Å²) in [5.41, 5.74) is -1.09. The number of piperidine rings is 1. The average Bonchev–Trinajstić information content (AvgIpc) is 2.59. The standard InChI is InChI=1S/C14H20N2O6S/c15-22-23(19,20)13(17)12-8-4-5-9-16(12)14(18)21-10-11-6-2-1-3-7-11/h1-3,6-7,12-13,17H,4-5,8-10,15H2/t12-,13?/m0/s1. The minimum Gasteiger partial charge on any atom is -0.445 e. The lowest BCUT2D eigenvalue weighted by Gasteiger charge is -2.36. The summed E-state index contributed by atoms with van der Waals surface area (Å²) in [7, 11) is -4.35. The zero-order valence-corrected chi connectivity index (χ0v) is 13.3. The summed E-state index contributed by atoms with van der Waals surface area (Å²) in [4.78, 5) is 13.4. The van der Waals surface area contributed by atoms with Crippen molar-refractivity contribution in [1.29, 1.82) is 0 Å². The predicted octanol–water partition coefficient (Wildman–Crippen LogP) is 0.716. The normalized spacial score (nSPS) is 20.1. The molecule has 128 valence electrons. The van der Waals surface area contributed by atoms with Gasteiger partial charge in [-0.1, -0.05) is 30.3 Å². The van der Waals surface area contributed by atoms with E-state index in [2.05, 4.69) is 10.2 Å². The molecule has 1 amide bonds. The van der Waals surface area contributed by atoms with Crippen molar-refractivity contribution in [3.8, 4) is 0 Å². The zero-order chi connectivity index (χ0) is 16.9. The highest BCUT2D eigenvalue weighted by Crippen LogP contribution is 2.23. The van der Waals surface area contributed by atoms with Crippen molar-refractivity contribution < 1.29 is 27.3 Å². The van der Waals surface area contributed by atoms with E-state index in [4.69, 9.17) is 4.74 Å². The molecular weight excluding hydrogens is 324 g/mol. The molecule has 8 nitrogen and oxygen atoms in total. The summed E-state index contributed by atoms with van der Waals surface area (Å²) < 4.78 is 32.2. The quantitative estimate of drug-likeness (QED) is 0.755. The number of amides is 1.